The van der Waals surface area contributed by atoms with Gasteiger partial charge in [0.2, 0.25) is 0 Å². The average Bonchev–Trinajstić information content (AvgIpc) is 3.03. The maximum absolute atomic E-state index is 11.3. The van der Waals surface area contributed by atoms with Gasteiger partial charge in [0.25, 0.3) is 0 Å². The fraction of sp³-hybridized carbons (Fsp3) is 0.167. The summed E-state index contributed by atoms with van der Waals surface area (Å²) in [5.74, 6) is 0. The average molecular weight is 313 g/mol. The zero-order valence-electron chi connectivity index (χ0n) is 12.1. The number of imidazole rings is 1. The lowest BCUT2D eigenvalue weighted by Gasteiger charge is -2.29. The van der Waals surface area contributed by atoms with Gasteiger partial charge in [-0.05, 0) is 23.3 Å². The smallest absolute Gasteiger partial charge is 0.111 e. The van der Waals surface area contributed by atoms with Gasteiger partial charge in [-0.15, -0.1) is 0 Å². The van der Waals surface area contributed by atoms with Crippen molar-refractivity contribution in [2.75, 3.05) is 0 Å². The molecule has 0 saturated heterocycles. The van der Waals surface area contributed by atoms with Gasteiger partial charge in [0, 0.05) is 23.8 Å². The first-order valence-electron chi connectivity index (χ1n) is 7.14. The molecule has 1 unspecified atom stereocenters. The van der Waals surface area contributed by atoms with Crippen LogP contribution in [0.4, 0.5) is 0 Å². The van der Waals surface area contributed by atoms with Crippen molar-refractivity contribution in [3.8, 4) is 0 Å². The van der Waals surface area contributed by atoms with Crippen molar-refractivity contribution in [2.45, 2.75) is 18.6 Å². The molecule has 3 nitrogen and oxygen atoms in total. The van der Waals surface area contributed by atoms with Crippen LogP contribution in [0, 0.1) is 0 Å². The van der Waals surface area contributed by atoms with Gasteiger partial charge in [-0.2, -0.15) is 0 Å². The second kappa shape index (κ2) is 6.34. The topological polar surface area (TPSA) is 38.0 Å². The number of halogens is 1. The van der Waals surface area contributed by atoms with Gasteiger partial charge in [0.05, 0.1) is 12.9 Å². The minimum Gasteiger partial charge on any atom is -0.383 e. The fourth-order valence-corrected chi connectivity index (χ4v) is 2.75. The molecule has 1 aromatic heterocycles. The lowest BCUT2D eigenvalue weighted by molar-refractivity contribution is 0.0185. The predicted molar refractivity (Wildman–Crippen MR) is 87.7 cm³/mol. The number of aromatic nitrogens is 2. The number of benzene rings is 2. The van der Waals surface area contributed by atoms with Crippen molar-refractivity contribution in [1.29, 1.82) is 0 Å². The van der Waals surface area contributed by atoms with E-state index < -0.39 is 5.60 Å². The van der Waals surface area contributed by atoms with Crippen LogP contribution in [0.1, 0.15) is 11.1 Å². The van der Waals surface area contributed by atoms with Gasteiger partial charge in [-0.3, -0.25) is 0 Å². The van der Waals surface area contributed by atoms with Crippen LogP contribution in [0.15, 0.2) is 73.3 Å². The van der Waals surface area contributed by atoms with E-state index in [0.717, 1.165) is 11.1 Å². The summed E-state index contributed by atoms with van der Waals surface area (Å²) in [5.41, 5.74) is 0.921. The van der Waals surface area contributed by atoms with E-state index in [0.29, 0.717) is 18.0 Å². The third kappa shape index (κ3) is 3.38. The molecule has 1 heterocycles. The molecule has 1 atom stereocenters. The molecule has 112 valence electrons. The van der Waals surface area contributed by atoms with Crippen LogP contribution in [0.25, 0.3) is 0 Å². The Morgan fingerprint density at radius 3 is 2.41 bits per heavy atom. The van der Waals surface area contributed by atoms with Crippen molar-refractivity contribution < 1.29 is 5.11 Å². The van der Waals surface area contributed by atoms with Crippen LogP contribution in [0.3, 0.4) is 0 Å². The predicted octanol–water partition coefficient (Wildman–Crippen LogP) is 3.67. The first kappa shape index (κ1) is 14.8. The molecule has 4 heteroatoms. The Balaban J connectivity index is 1.93. The summed E-state index contributed by atoms with van der Waals surface area (Å²) in [5, 5.41) is 12.0. The zero-order chi connectivity index (χ0) is 15.4. The third-order valence-electron chi connectivity index (χ3n) is 3.72. The highest BCUT2D eigenvalue weighted by molar-refractivity contribution is 6.30. The Morgan fingerprint density at radius 1 is 1.05 bits per heavy atom. The van der Waals surface area contributed by atoms with Crippen LogP contribution in [-0.2, 0) is 18.6 Å². The maximum atomic E-state index is 11.3. The summed E-state index contributed by atoms with van der Waals surface area (Å²) in [6.07, 6.45) is 5.80. The van der Waals surface area contributed by atoms with E-state index in [2.05, 4.69) is 4.98 Å². The summed E-state index contributed by atoms with van der Waals surface area (Å²) < 4.78 is 1.89. The maximum Gasteiger partial charge on any atom is 0.111 e. The van der Waals surface area contributed by atoms with E-state index in [-0.39, 0.29) is 0 Å². The lowest BCUT2D eigenvalue weighted by atomic mass is 9.87. The molecular formula is C18H17ClN2O. The van der Waals surface area contributed by atoms with Crippen molar-refractivity contribution in [3.05, 3.63) is 89.5 Å². The molecule has 1 N–H and O–H groups in total. The van der Waals surface area contributed by atoms with E-state index in [1.54, 1.807) is 12.5 Å². The van der Waals surface area contributed by atoms with E-state index >= 15 is 0 Å². The van der Waals surface area contributed by atoms with Gasteiger partial charge in [0.1, 0.15) is 5.60 Å². The number of hydrogen-bond acceptors (Lipinski definition) is 2. The minimum atomic E-state index is -1.00. The summed E-state index contributed by atoms with van der Waals surface area (Å²) in [7, 11) is 0. The second-order valence-electron chi connectivity index (χ2n) is 5.44. The summed E-state index contributed by atoms with van der Waals surface area (Å²) in [6, 6.07) is 17.3. The van der Waals surface area contributed by atoms with Crippen molar-refractivity contribution in [2.24, 2.45) is 0 Å². The first-order valence-corrected chi connectivity index (χ1v) is 7.52. The summed E-state index contributed by atoms with van der Waals surface area (Å²) in [4.78, 5) is 4.05. The molecular weight excluding hydrogens is 296 g/mol. The zero-order valence-corrected chi connectivity index (χ0v) is 12.8. The number of hydrogen-bond donors (Lipinski definition) is 1. The van der Waals surface area contributed by atoms with Gasteiger partial charge in [-0.25, -0.2) is 4.98 Å². The Labute approximate surface area is 134 Å². The molecule has 0 aliphatic rings. The fourth-order valence-electron chi connectivity index (χ4n) is 2.62. The van der Waals surface area contributed by atoms with Gasteiger partial charge >= 0.3 is 0 Å². The number of nitrogens with zero attached hydrogens (tertiary/aromatic N) is 2. The highest BCUT2D eigenvalue weighted by Gasteiger charge is 2.30. The number of rotatable bonds is 5. The Hall–Kier alpha value is -2.10. The third-order valence-corrected chi connectivity index (χ3v) is 3.98. The molecule has 0 aliphatic carbocycles. The van der Waals surface area contributed by atoms with Crippen molar-refractivity contribution in [3.63, 3.8) is 0 Å². The Bertz CT molecular complexity index is 711. The van der Waals surface area contributed by atoms with Gasteiger partial charge in [0.15, 0.2) is 0 Å². The highest BCUT2D eigenvalue weighted by Crippen LogP contribution is 2.28. The standard InChI is InChI=1S/C18H17ClN2O/c19-17-8-6-15(7-9-17)12-18(22,13-21-11-10-20-14-21)16-4-2-1-3-5-16/h1-11,14,22H,12-13H2. The van der Waals surface area contributed by atoms with Crippen LogP contribution >= 0.6 is 11.6 Å². The first-order chi connectivity index (χ1) is 10.7. The second-order valence-corrected chi connectivity index (χ2v) is 5.87. The minimum absolute atomic E-state index is 0.444. The number of aliphatic hydroxyl groups is 1. The Morgan fingerprint density at radius 2 is 1.77 bits per heavy atom. The SMILES string of the molecule is OC(Cc1ccc(Cl)cc1)(Cn1ccnc1)c1ccccc1. The lowest BCUT2D eigenvalue weighted by Crippen LogP contribution is -2.33. The summed E-state index contributed by atoms with van der Waals surface area (Å²) >= 11 is 5.94. The molecule has 0 aliphatic heterocycles. The molecule has 22 heavy (non-hydrogen) atoms. The summed E-state index contributed by atoms with van der Waals surface area (Å²) in [6.45, 7) is 0.444. The molecule has 3 aromatic rings. The van der Waals surface area contributed by atoms with E-state index in [9.17, 15) is 5.11 Å². The van der Waals surface area contributed by atoms with Gasteiger partial charge < -0.3 is 9.67 Å². The van der Waals surface area contributed by atoms with Crippen LogP contribution in [-0.4, -0.2) is 14.7 Å². The van der Waals surface area contributed by atoms with Gasteiger partial charge in [-0.1, -0.05) is 54.1 Å². The highest BCUT2D eigenvalue weighted by atomic mass is 35.5. The molecule has 0 bridgehead atoms. The molecule has 2 aromatic carbocycles. The molecule has 0 radical (unpaired) electrons. The molecule has 0 fully saturated rings. The van der Waals surface area contributed by atoms with Crippen LogP contribution in [0.5, 0.6) is 0 Å². The molecule has 0 saturated carbocycles. The van der Waals surface area contributed by atoms with E-state index in [1.165, 1.54) is 0 Å². The molecule has 3 rings (SSSR count). The van der Waals surface area contributed by atoms with Crippen molar-refractivity contribution >= 4 is 11.6 Å². The van der Waals surface area contributed by atoms with Crippen LogP contribution < -0.4 is 0 Å². The quantitative estimate of drug-likeness (QED) is 0.780. The Kier molecular flexibility index (Phi) is 4.27. The largest absolute Gasteiger partial charge is 0.383 e. The molecule has 0 amide bonds. The van der Waals surface area contributed by atoms with Crippen LogP contribution in [0.2, 0.25) is 5.02 Å². The molecule has 0 spiro atoms. The van der Waals surface area contributed by atoms with Crippen molar-refractivity contribution in [1.82, 2.24) is 9.55 Å². The van der Waals surface area contributed by atoms with E-state index in [1.807, 2.05) is 65.4 Å². The normalized spacial score (nSPS) is 13.7. The van der Waals surface area contributed by atoms with E-state index in [4.69, 9.17) is 11.6 Å². The monoisotopic (exact) mass is 312 g/mol.